The van der Waals surface area contributed by atoms with E-state index in [1.807, 2.05) is 12.1 Å². The lowest BCUT2D eigenvalue weighted by Crippen LogP contribution is -1.99. The van der Waals surface area contributed by atoms with Crippen LogP contribution in [0.2, 0.25) is 0 Å². The quantitative estimate of drug-likeness (QED) is 0.130. The molecule has 4 aromatic rings. The highest BCUT2D eigenvalue weighted by Crippen LogP contribution is 2.62. The summed E-state index contributed by atoms with van der Waals surface area (Å²) >= 11 is 0. The minimum Gasteiger partial charge on any atom is -0.232 e. The highest BCUT2D eigenvalue weighted by molar-refractivity contribution is 6.39. The summed E-state index contributed by atoms with van der Waals surface area (Å²) in [6, 6.07) is 18.3. The molecule has 0 saturated carbocycles. The van der Waals surface area contributed by atoms with Gasteiger partial charge in [0.1, 0.15) is 34.9 Å². The number of rotatable bonds is 2. The molecule has 0 heterocycles. The van der Waals surface area contributed by atoms with Crippen molar-refractivity contribution >= 4 is 28.0 Å². The van der Waals surface area contributed by atoms with Crippen LogP contribution in [0.15, 0.2) is 72.1 Å². The molecule has 0 bridgehead atoms. The SMILES string of the molecule is [C-]#[N+]/C(C#N)=C1C2=C(/C(=C(\C#N)[N+]#[C-])c3cccc(-c4cc(F)c(C#N)c(F)c4)c32)c2c\1cccc2-c1cc(F)c([N+]#[C-])c(F)c1. The van der Waals surface area contributed by atoms with Gasteiger partial charge >= 0.3 is 0 Å². The topological polar surface area (TPSA) is 84.5 Å². The van der Waals surface area contributed by atoms with Crippen molar-refractivity contribution in [3.8, 4) is 40.5 Å². The number of nitriles is 3. The average Bonchev–Trinajstić information content (AvgIpc) is 3.55. The van der Waals surface area contributed by atoms with Crippen molar-refractivity contribution in [3.63, 3.8) is 0 Å². The maximum atomic E-state index is 14.9. The first kappa shape index (κ1) is 28.9. The van der Waals surface area contributed by atoms with Gasteiger partial charge in [-0.15, -0.1) is 0 Å². The first-order valence-corrected chi connectivity index (χ1v) is 13.1. The zero-order valence-corrected chi connectivity index (χ0v) is 23.0. The minimum absolute atomic E-state index is 0.00162. The van der Waals surface area contributed by atoms with Crippen LogP contribution in [0.3, 0.4) is 0 Å². The number of hydrogen-bond acceptors (Lipinski definition) is 3. The van der Waals surface area contributed by atoms with Crippen LogP contribution in [-0.4, -0.2) is 0 Å². The van der Waals surface area contributed by atoms with Gasteiger partial charge in [0.25, 0.3) is 17.1 Å². The van der Waals surface area contributed by atoms with Gasteiger partial charge in [-0.05, 0) is 79.9 Å². The molecule has 4 aromatic carbocycles. The van der Waals surface area contributed by atoms with Crippen LogP contribution in [-0.2, 0) is 0 Å². The van der Waals surface area contributed by atoms with Gasteiger partial charge in [-0.3, -0.25) is 0 Å². The third kappa shape index (κ3) is 3.97. The molecule has 2 aliphatic carbocycles. The maximum Gasteiger partial charge on any atom is 0.270 e. The molecule has 0 fully saturated rings. The molecule has 0 aliphatic heterocycles. The largest absolute Gasteiger partial charge is 0.270 e. The Balaban J connectivity index is 1.82. The van der Waals surface area contributed by atoms with E-state index in [0.29, 0.717) is 0 Å². The molecule has 0 radical (unpaired) electrons. The highest BCUT2D eigenvalue weighted by Gasteiger charge is 2.42. The Morgan fingerprint density at radius 3 is 1.33 bits per heavy atom. The first-order chi connectivity index (χ1) is 22.2. The summed E-state index contributed by atoms with van der Waals surface area (Å²) in [4.78, 5) is 9.74. The Bertz CT molecular complexity index is 2230. The van der Waals surface area contributed by atoms with Gasteiger partial charge in [-0.25, -0.2) is 42.6 Å². The van der Waals surface area contributed by atoms with Crippen LogP contribution in [0.4, 0.5) is 23.2 Å². The van der Waals surface area contributed by atoms with E-state index in [-0.39, 0.29) is 78.2 Å². The number of allylic oxidation sites excluding steroid dienone is 6. The third-order valence-corrected chi connectivity index (χ3v) is 7.73. The Labute approximate surface area is 259 Å². The van der Waals surface area contributed by atoms with Crippen molar-refractivity contribution in [2.75, 3.05) is 0 Å². The number of nitrogens with zero attached hydrogens (tertiary/aromatic N) is 6. The van der Waals surface area contributed by atoms with Crippen molar-refractivity contribution in [1.29, 1.82) is 15.8 Å². The van der Waals surface area contributed by atoms with E-state index < -0.39 is 34.5 Å². The molecule has 10 heteroatoms. The van der Waals surface area contributed by atoms with E-state index in [1.165, 1.54) is 30.3 Å². The minimum atomic E-state index is -1.13. The fourth-order valence-corrected chi connectivity index (χ4v) is 5.99. The molecular formula is C36H10F4N6. The molecule has 0 amide bonds. The van der Waals surface area contributed by atoms with Gasteiger partial charge < -0.3 is 0 Å². The Morgan fingerprint density at radius 2 is 0.978 bits per heavy atom. The summed E-state index contributed by atoms with van der Waals surface area (Å²) in [5.74, 6) is -4.51. The highest BCUT2D eigenvalue weighted by atomic mass is 19.1. The molecule has 2 aliphatic rings. The fourth-order valence-electron chi connectivity index (χ4n) is 5.99. The van der Waals surface area contributed by atoms with Gasteiger partial charge in [-0.1, -0.05) is 36.4 Å². The van der Waals surface area contributed by atoms with Gasteiger partial charge in [0.05, 0.1) is 31.9 Å². The molecule has 6 nitrogen and oxygen atoms in total. The van der Waals surface area contributed by atoms with Crippen LogP contribution in [0, 0.1) is 77.0 Å². The predicted octanol–water partition coefficient (Wildman–Crippen LogP) is 9.25. The monoisotopic (exact) mass is 602 g/mol. The van der Waals surface area contributed by atoms with E-state index in [4.69, 9.17) is 19.7 Å². The van der Waals surface area contributed by atoms with E-state index in [1.54, 1.807) is 12.1 Å². The smallest absolute Gasteiger partial charge is 0.232 e. The van der Waals surface area contributed by atoms with Crippen molar-refractivity contribution in [3.05, 3.63) is 157 Å². The van der Waals surface area contributed by atoms with Crippen molar-refractivity contribution in [2.45, 2.75) is 0 Å². The van der Waals surface area contributed by atoms with Gasteiger partial charge in [0.2, 0.25) is 0 Å². The van der Waals surface area contributed by atoms with Crippen LogP contribution in [0.25, 0.3) is 59.1 Å². The zero-order valence-electron chi connectivity index (χ0n) is 23.0. The lowest BCUT2D eigenvalue weighted by Gasteiger charge is -2.18. The lowest BCUT2D eigenvalue weighted by molar-refractivity contribution is 0.577. The van der Waals surface area contributed by atoms with E-state index in [0.717, 1.165) is 24.3 Å². The lowest BCUT2D eigenvalue weighted by atomic mass is 9.85. The second-order valence-corrected chi connectivity index (χ2v) is 9.93. The van der Waals surface area contributed by atoms with Crippen LogP contribution >= 0.6 is 0 Å². The van der Waals surface area contributed by atoms with Crippen molar-refractivity contribution < 1.29 is 17.6 Å². The molecule has 212 valence electrons. The van der Waals surface area contributed by atoms with E-state index in [2.05, 4.69) is 14.5 Å². The molecular weight excluding hydrogens is 592 g/mol. The summed E-state index contributed by atoms with van der Waals surface area (Å²) in [5.41, 5.74) is -0.310. The average molecular weight is 603 g/mol. The summed E-state index contributed by atoms with van der Waals surface area (Å²) in [6.07, 6.45) is 0. The molecule has 0 saturated heterocycles. The van der Waals surface area contributed by atoms with Gasteiger partial charge in [0.15, 0.2) is 0 Å². The number of benzene rings is 4. The maximum absolute atomic E-state index is 14.9. The summed E-state index contributed by atoms with van der Waals surface area (Å²) in [6.45, 7) is 22.7. The zero-order chi connectivity index (χ0) is 32.9. The summed E-state index contributed by atoms with van der Waals surface area (Å²) in [5, 5.41) is 29.3. The van der Waals surface area contributed by atoms with Crippen LogP contribution < -0.4 is 0 Å². The summed E-state index contributed by atoms with van der Waals surface area (Å²) in [7, 11) is 0. The second kappa shape index (κ2) is 10.8. The molecule has 0 atom stereocenters. The van der Waals surface area contributed by atoms with Crippen LogP contribution in [0.1, 0.15) is 27.8 Å². The number of hydrogen-bond donors (Lipinski definition) is 0. The van der Waals surface area contributed by atoms with E-state index in [9.17, 15) is 33.3 Å². The van der Waals surface area contributed by atoms with Crippen molar-refractivity contribution in [2.24, 2.45) is 0 Å². The Morgan fingerprint density at radius 1 is 0.587 bits per heavy atom. The van der Waals surface area contributed by atoms with Gasteiger partial charge in [-0.2, -0.15) is 5.26 Å². The number of fused-ring (bicyclic) bond motifs is 4. The van der Waals surface area contributed by atoms with Crippen molar-refractivity contribution in [1.82, 2.24) is 0 Å². The Kier molecular flexibility index (Phi) is 6.77. The van der Waals surface area contributed by atoms with Gasteiger partial charge in [0, 0.05) is 11.1 Å². The Hall–Kier alpha value is -7.24. The fraction of sp³-hybridized carbons (Fsp3) is 0. The first-order valence-electron chi connectivity index (χ1n) is 13.1. The van der Waals surface area contributed by atoms with E-state index >= 15 is 0 Å². The number of halogens is 4. The second-order valence-electron chi connectivity index (χ2n) is 9.93. The normalized spacial score (nSPS) is 14.4. The molecule has 0 unspecified atom stereocenters. The third-order valence-electron chi connectivity index (χ3n) is 7.73. The summed E-state index contributed by atoms with van der Waals surface area (Å²) < 4.78 is 59.5. The molecule has 0 N–H and O–H groups in total. The molecule has 6 rings (SSSR count). The predicted molar refractivity (Wildman–Crippen MR) is 160 cm³/mol. The molecule has 0 aromatic heterocycles. The molecule has 0 spiro atoms. The standard InChI is InChI=1S/C36H10F4N6/c1-44-28(15-42)32-21-8-4-6-19(17-10-24(37)23(14-41)25(38)11-17)30(21)34-33(29(16-43)45-2)22-9-5-7-20(31(22)35(32)34)18-12-26(39)36(46-3)27(40)13-18/h4-13H/b32-28+,33-29-. The van der Waals surface area contributed by atoms with Crippen LogP contribution in [0.5, 0.6) is 0 Å². The molecule has 46 heavy (non-hydrogen) atoms.